The fourth-order valence-electron chi connectivity index (χ4n) is 4.98. The van der Waals surface area contributed by atoms with Gasteiger partial charge in [-0.05, 0) is 46.2 Å². The van der Waals surface area contributed by atoms with Gasteiger partial charge < -0.3 is 29.4 Å². The Morgan fingerprint density at radius 1 is 1.02 bits per heavy atom. The Balaban J connectivity index is 1.34. The van der Waals surface area contributed by atoms with Crippen molar-refractivity contribution >= 4 is 47.8 Å². The second kappa shape index (κ2) is 12.4. The van der Waals surface area contributed by atoms with Crippen LogP contribution in [0.1, 0.15) is 46.1 Å². The van der Waals surface area contributed by atoms with Gasteiger partial charge in [0.25, 0.3) is 0 Å². The van der Waals surface area contributed by atoms with Crippen molar-refractivity contribution in [1.29, 1.82) is 0 Å². The van der Waals surface area contributed by atoms with E-state index in [9.17, 15) is 9.59 Å². The van der Waals surface area contributed by atoms with Crippen LogP contribution in [0.25, 0.3) is 22.4 Å². The number of alkyl carbamates (subject to hydrolysis) is 1. The molecule has 12 heteroatoms. The zero-order valence-corrected chi connectivity index (χ0v) is 26.3. The van der Waals surface area contributed by atoms with E-state index in [-0.39, 0.29) is 18.6 Å². The molecule has 226 valence electrons. The monoisotopic (exact) mass is 625 g/mol. The second-order valence-corrected chi connectivity index (χ2v) is 12.3. The van der Waals surface area contributed by atoms with Gasteiger partial charge in [0.05, 0.1) is 34.6 Å². The van der Waals surface area contributed by atoms with Crippen LogP contribution in [0, 0.1) is 0 Å². The number of pyridine rings is 1. The summed E-state index contributed by atoms with van der Waals surface area (Å²) >= 11 is 13.9. The van der Waals surface area contributed by atoms with Gasteiger partial charge in [0.15, 0.2) is 0 Å². The van der Waals surface area contributed by atoms with Crippen molar-refractivity contribution in [2.75, 3.05) is 13.7 Å². The first kappa shape index (κ1) is 31.1. The van der Waals surface area contributed by atoms with Gasteiger partial charge in [-0.15, -0.1) is 0 Å². The summed E-state index contributed by atoms with van der Waals surface area (Å²) in [5.41, 5.74) is 3.02. The van der Waals surface area contributed by atoms with Gasteiger partial charge >= 0.3 is 13.2 Å². The highest BCUT2D eigenvalue weighted by Gasteiger charge is 2.52. The maximum absolute atomic E-state index is 12.2. The van der Waals surface area contributed by atoms with Crippen LogP contribution in [0.5, 0.6) is 5.88 Å². The molecule has 2 amide bonds. The lowest BCUT2D eigenvalue weighted by Gasteiger charge is -2.32. The van der Waals surface area contributed by atoms with Crippen molar-refractivity contribution in [3.8, 4) is 28.3 Å². The van der Waals surface area contributed by atoms with Gasteiger partial charge in [-0.25, -0.2) is 9.78 Å². The minimum atomic E-state index is -0.620. The number of aromatic nitrogens is 1. The molecule has 2 fully saturated rings. The van der Waals surface area contributed by atoms with Crippen LogP contribution >= 0.6 is 23.2 Å². The summed E-state index contributed by atoms with van der Waals surface area (Å²) in [6.45, 7) is 8.25. The number of rotatable bonds is 8. The summed E-state index contributed by atoms with van der Waals surface area (Å²) in [6, 6.07) is 14.8. The van der Waals surface area contributed by atoms with Crippen molar-refractivity contribution in [2.45, 2.75) is 64.4 Å². The van der Waals surface area contributed by atoms with Crippen LogP contribution in [0.15, 0.2) is 48.5 Å². The largest absolute Gasteiger partial charge is 0.496 e. The molecule has 0 saturated carbocycles. The van der Waals surface area contributed by atoms with Gasteiger partial charge in [0.2, 0.25) is 11.8 Å². The highest BCUT2D eigenvalue weighted by molar-refractivity contribution is 6.66. The van der Waals surface area contributed by atoms with E-state index in [1.807, 2.05) is 64.1 Å². The third-order valence-corrected chi connectivity index (χ3v) is 9.00. The maximum atomic E-state index is 12.2. The fourth-order valence-corrected chi connectivity index (χ4v) is 5.63. The first-order chi connectivity index (χ1) is 20.4. The predicted molar refractivity (Wildman–Crippen MR) is 167 cm³/mol. The van der Waals surface area contributed by atoms with Crippen molar-refractivity contribution < 1.29 is 28.4 Å². The Bertz CT molecular complexity index is 1530. The summed E-state index contributed by atoms with van der Waals surface area (Å²) in [5.74, 6) is 0.287. The van der Waals surface area contributed by atoms with Crippen LogP contribution in [0.3, 0.4) is 0 Å². The number of nitrogens with zero attached hydrogens (tertiary/aromatic N) is 1. The average Bonchev–Trinajstić information content (AvgIpc) is 3.48. The zero-order valence-electron chi connectivity index (χ0n) is 24.8. The lowest BCUT2D eigenvalue weighted by Crippen LogP contribution is -2.41. The molecular formula is C31H34BCl2N3O6. The number of amides is 2. The molecule has 3 aromatic rings. The molecule has 0 radical (unpaired) electrons. The Morgan fingerprint density at radius 3 is 2.33 bits per heavy atom. The Labute approximate surface area is 261 Å². The van der Waals surface area contributed by atoms with Gasteiger partial charge in [-0.1, -0.05) is 59.6 Å². The average molecular weight is 626 g/mol. The predicted octanol–water partition coefficient (Wildman–Crippen LogP) is 5.54. The number of halogens is 2. The number of ether oxygens (including phenoxy) is 2. The normalized spacial score (nSPS) is 18.8. The molecule has 43 heavy (non-hydrogen) atoms. The molecule has 0 aliphatic carbocycles. The Hall–Kier alpha value is -3.31. The Morgan fingerprint density at radius 2 is 1.67 bits per heavy atom. The quantitative estimate of drug-likeness (QED) is 0.317. The van der Waals surface area contributed by atoms with E-state index in [2.05, 4.69) is 15.6 Å². The van der Waals surface area contributed by atoms with Crippen molar-refractivity contribution in [1.82, 2.24) is 15.6 Å². The fraction of sp³-hybridized carbons (Fsp3) is 0.387. The topological polar surface area (TPSA) is 108 Å². The molecule has 2 aliphatic rings. The van der Waals surface area contributed by atoms with Crippen molar-refractivity contribution in [3.05, 3.63) is 64.1 Å². The highest BCUT2D eigenvalue weighted by Crippen LogP contribution is 2.41. The van der Waals surface area contributed by atoms with Crippen LogP contribution in [-0.2, 0) is 25.4 Å². The van der Waals surface area contributed by atoms with Crippen molar-refractivity contribution in [3.63, 3.8) is 0 Å². The Kier molecular flexibility index (Phi) is 8.95. The summed E-state index contributed by atoms with van der Waals surface area (Å²) in [4.78, 5) is 28.2. The van der Waals surface area contributed by atoms with Gasteiger partial charge in [0.1, 0.15) is 6.61 Å². The zero-order chi connectivity index (χ0) is 30.9. The van der Waals surface area contributed by atoms with E-state index in [0.29, 0.717) is 52.1 Å². The van der Waals surface area contributed by atoms with Gasteiger partial charge in [0, 0.05) is 46.2 Å². The molecule has 5 rings (SSSR count). The van der Waals surface area contributed by atoms with E-state index in [0.717, 1.165) is 16.6 Å². The molecule has 1 atom stereocenters. The molecule has 1 aromatic heterocycles. The molecule has 2 saturated heterocycles. The summed E-state index contributed by atoms with van der Waals surface area (Å²) in [5, 5.41) is 6.43. The number of hydrogen-bond acceptors (Lipinski definition) is 7. The standard InChI is InChI=1S/C31H34BCl2N3O6/c1-30(2)31(3,4)43-32(42-30)23-11-7-9-21(27(23)34)20-8-6-10-22(26(20)33)24-14-12-18(28(37-24)40-5)17-41-29(39)35-16-19-13-15-25(38)36-19/h6-12,14,19H,13,15-17H2,1-5H3,(H,35,39)(H,36,38)/t19-/m0/s1. The molecule has 0 spiro atoms. The molecule has 0 unspecified atom stereocenters. The SMILES string of the molecule is COc1nc(-c2cccc(-c3cccc(B4OC(C)(C)C(C)(C)O4)c3Cl)c2Cl)ccc1COC(=O)NC[C@@H]1CCC(=O)N1. The number of hydrogen-bond donors (Lipinski definition) is 2. The van der Waals surface area contributed by atoms with Crippen LogP contribution in [0.4, 0.5) is 4.79 Å². The molecule has 0 bridgehead atoms. The minimum Gasteiger partial charge on any atom is -0.481 e. The first-order valence-electron chi connectivity index (χ1n) is 14.1. The smallest absolute Gasteiger partial charge is 0.481 e. The van der Waals surface area contributed by atoms with Gasteiger partial charge in [-0.3, -0.25) is 4.79 Å². The van der Waals surface area contributed by atoms with Crippen LogP contribution in [0.2, 0.25) is 10.0 Å². The van der Waals surface area contributed by atoms with Gasteiger partial charge in [-0.2, -0.15) is 0 Å². The number of carbonyl (C=O) groups excluding carboxylic acids is 2. The molecular weight excluding hydrogens is 592 g/mol. The molecule has 2 aliphatic heterocycles. The number of carbonyl (C=O) groups is 2. The lowest BCUT2D eigenvalue weighted by atomic mass is 9.77. The van der Waals surface area contributed by atoms with Crippen LogP contribution in [-0.4, -0.2) is 55.0 Å². The summed E-state index contributed by atoms with van der Waals surface area (Å²) in [7, 11) is 0.878. The molecule has 2 N–H and O–H groups in total. The van der Waals surface area contributed by atoms with E-state index < -0.39 is 24.4 Å². The number of methoxy groups -OCH3 is 1. The number of nitrogens with one attached hydrogen (secondary N) is 2. The van der Waals surface area contributed by atoms with E-state index in [4.69, 9.17) is 42.0 Å². The first-order valence-corrected chi connectivity index (χ1v) is 14.8. The highest BCUT2D eigenvalue weighted by atomic mass is 35.5. The van der Waals surface area contributed by atoms with Crippen LogP contribution < -0.4 is 20.8 Å². The minimum absolute atomic E-state index is 0.0140. The molecule has 3 heterocycles. The summed E-state index contributed by atoms with van der Waals surface area (Å²) in [6.07, 6.45) is 0.548. The third kappa shape index (κ3) is 6.48. The second-order valence-electron chi connectivity index (χ2n) is 11.6. The molecule has 9 nitrogen and oxygen atoms in total. The number of benzene rings is 2. The third-order valence-electron chi connectivity index (χ3n) is 8.17. The lowest BCUT2D eigenvalue weighted by molar-refractivity contribution is -0.119. The maximum Gasteiger partial charge on any atom is 0.496 e. The summed E-state index contributed by atoms with van der Waals surface area (Å²) < 4.78 is 23.3. The van der Waals surface area contributed by atoms with E-state index in [1.54, 1.807) is 12.1 Å². The molecule has 2 aromatic carbocycles. The van der Waals surface area contributed by atoms with E-state index in [1.165, 1.54) is 7.11 Å². The van der Waals surface area contributed by atoms with Crippen molar-refractivity contribution in [2.24, 2.45) is 0 Å². The van der Waals surface area contributed by atoms with E-state index >= 15 is 0 Å².